The third-order valence-corrected chi connectivity index (χ3v) is 4.74. The van der Waals surface area contributed by atoms with Crippen LogP contribution in [-0.4, -0.2) is 34.7 Å². The molecule has 1 aromatic heterocycles. The molecule has 0 radical (unpaired) electrons. The minimum atomic E-state index is 0.221. The number of likely N-dealkylation sites (tertiary alicyclic amines) is 1. The molecule has 2 aromatic rings. The molecule has 1 unspecified atom stereocenters. The Hall–Kier alpha value is -1.24. The van der Waals surface area contributed by atoms with E-state index in [0.717, 1.165) is 36.4 Å². The second-order valence-corrected chi connectivity index (χ2v) is 7.30. The quantitative estimate of drug-likeness (QED) is 0.882. The first kappa shape index (κ1) is 15.6. The van der Waals surface area contributed by atoms with Crippen LogP contribution in [0.15, 0.2) is 33.3 Å². The molecule has 1 saturated heterocycles. The Morgan fingerprint density at radius 2 is 2.32 bits per heavy atom. The highest BCUT2D eigenvalue weighted by atomic mass is 79.9. The molecular formula is C16H21BrN4O. The standard InChI is InChI=1S/C16H21BrN4O/c1-16(10-18)5-6-21(11-16)9-15-19-14(20-22-15)8-12-3-2-4-13(17)7-12/h2-4,7H,5-6,8-11,18H2,1H3. The third-order valence-electron chi connectivity index (χ3n) is 4.25. The van der Waals surface area contributed by atoms with Crippen LogP contribution < -0.4 is 5.73 Å². The van der Waals surface area contributed by atoms with Crippen LogP contribution in [0.4, 0.5) is 0 Å². The van der Waals surface area contributed by atoms with Crippen molar-refractivity contribution in [1.29, 1.82) is 0 Å². The molecule has 1 aliphatic rings. The van der Waals surface area contributed by atoms with Gasteiger partial charge in [-0.2, -0.15) is 4.98 Å². The van der Waals surface area contributed by atoms with Crippen LogP contribution >= 0.6 is 15.9 Å². The molecule has 0 bridgehead atoms. The van der Waals surface area contributed by atoms with Crippen LogP contribution in [-0.2, 0) is 13.0 Å². The molecule has 2 heterocycles. The molecule has 0 aliphatic carbocycles. The lowest BCUT2D eigenvalue weighted by Gasteiger charge is -2.21. The lowest BCUT2D eigenvalue weighted by molar-refractivity contribution is 0.238. The zero-order chi connectivity index (χ0) is 15.6. The minimum absolute atomic E-state index is 0.221. The summed E-state index contributed by atoms with van der Waals surface area (Å²) in [5.74, 6) is 1.42. The summed E-state index contributed by atoms with van der Waals surface area (Å²) in [6, 6.07) is 8.16. The van der Waals surface area contributed by atoms with Gasteiger partial charge in [0.2, 0.25) is 5.89 Å². The Morgan fingerprint density at radius 3 is 3.05 bits per heavy atom. The van der Waals surface area contributed by atoms with Crippen molar-refractivity contribution in [3.8, 4) is 0 Å². The maximum Gasteiger partial charge on any atom is 0.240 e. The average molecular weight is 365 g/mol. The summed E-state index contributed by atoms with van der Waals surface area (Å²) in [6.07, 6.45) is 1.81. The molecule has 118 valence electrons. The molecule has 0 saturated carbocycles. The largest absolute Gasteiger partial charge is 0.338 e. The zero-order valence-corrected chi connectivity index (χ0v) is 14.3. The first-order valence-electron chi connectivity index (χ1n) is 7.55. The highest BCUT2D eigenvalue weighted by Gasteiger charge is 2.33. The summed E-state index contributed by atoms with van der Waals surface area (Å²) >= 11 is 3.48. The van der Waals surface area contributed by atoms with Crippen LogP contribution in [0.3, 0.4) is 0 Å². The van der Waals surface area contributed by atoms with Crippen molar-refractivity contribution in [2.24, 2.45) is 11.1 Å². The SMILES string of the molecule is CC1(CN)CCN(Cc2nc(Cc3cccc(Br)c3)no2)C1. The molecule has 0 spiro atoms. The molecule has 5 nitrogen and oxygen atoms in total. The van der Waals surface area contributed by atoms with E-state index in [2.05, 4.69) is 50.0 Å². The van der Waals surface area contributed by atoms with Crippen LogP contribution in [0.25, 0.3) is 0 Å². The molecule has 1 fully saturated rings. The van der Waals surface area contributed by atoms with E-state index in [1.807, 2.05) is 12.1 Å². The van der Waals surface area contributed by atoms with E-state index >= 15 is 0 Å². The smallest absolute Gasteiger partial charge is 0.240 e. The van der Waals surface area contributed by atoms with Gasteiger partial charge in [-0.15, -0.1) is 0 Å². The number of halogens is 1. The van der Waals surface area contributed by atoms with Crippen molar-refractivity contribution in [3.05, 3.63) is 46.0 Å². The highest BCUT2D eigenvalue weighted by molar-refractivity contribution is 9.10. The fraction of sp³-hybridized carbons (Fsp3) is 0.500. The summed E-state index contributed by atoms with van der Waals surface area (Å²) in [4.78, 5) is 6.84. The van der Waals surface area contributed by atoms with Crippen molar-refractivity contribution < 1.29 is 4.52 Å². The lowest BCUT2D eigenvalue weighted by atomic mass is 9.90. The van der Waals surface area contributed by atoms with Gasteiger partial charge in [-0.05, 0) is 42.6 Å². The minimum Gasteiger partial charge on any atom is -0.338 e. The van der Waals surface area contributed by atoms with E-state index in [4.69, 9.17) is 10.3 Å². The van der Waals surface area contributed by atoms with Gasteiger partial charge in [0.05, 0.1) is 6.54 Å². The predicted octanol–water partition coefficient (Wildman–Crippen LogP) is 2.59. The molecule has 1 aromatic carbocycles. The van der Waals surface area contributed by atoms with Gasteiger partial charge in [0.15, 0.2) is 5.82 Å². The normalized spacial score (nSPS) is 22.3. The number of hydrogen-bond acceptors (Lipinski definition) is 5. The number of hydrogen-bond donors (Lipinski definition) is 1. The fourth-order valence-corrected chi connectivity index (χ4v) is 3.32. The van der Waals surface area contributed by atoms with E-state index in [9.17, 15) is 0 Å². The Bertz CT molecular complexity index is 645. The van der Waals surface area contributed by atoms with Gasteiger partial charge in [0.1, 0.15) is 0 Å². The summed E-state index contributed by atoms with van der Waals surface area (Å²) in [5, 5.41) is 4.09. The van der Waals surface area contributed by atoms with Gasteiger partial charge in [-0.1, -0.05) is 40.1 Å². The number of nitrogens with two attached hydrogens (primary N) is 1. The molecule has 1 aliphatic heterocycles. The number of benzene rings is 1. The van der Waals surface area contributed by atoms with Gasteiger partial charge < -0.3 is 10.3 Å². The predicted molar refractivity (Wildman–Crippen MR) is 88.3 cm³/mol. The zero-order valence-electron chi connectivity index (χ0n) is 12.8. The van der Waals surface area contributed by atoms with Gasteiger partial charge in [-0.3, -0.25) is 4.90 Å². The molecule has 6 heteroatoms. The van der Waals surface area contributed by atoms with Crippen molar-refractivity contribution in [2.45, 2.75) is 26.3 Å². The molecule has 22 heavy (non-hydrogen) atoms. The summed E-state index contributed by atoms with van der Waals surface area (Å²) in [7, 11) is 0. The monoisotopic (exact) mass is 364 g/mol. The van der Waals surface area contributed by atoms with Crippen LogP contribution in [0.1, 0.15) is 30.6 Å². The first-order valence-corrected chi connectivity index (χ1v) is 8.34. The van der Waals surface area contributed by atoms with E-state index in [1.54, 1.807) is 0 Å². The van der Waals surface area contributed by atoms with Gasteiger partial charge in [0, 0.05) is 17.4 Å². The Labute approximate surface area is 139 Å². The number of nitrogens with zero attached hydrogens (tertiary/aromatic N) is 3. The Kier molecular flexibility index (Phi) is 4.61. The van der Waals surface area contributed by atoms with E-state index in [0.29, 0.717) is 18.9 Å². The Balaban J connectivity index is 1.60. The average Bonchev–Trinajstić information content (AvgIpc) is 3.07. The third kappa shape index (κ3) is 3.74. The van der Waals surface area contributed by atoms with E-state index in [1.165, 1.54) is 5.56 Å². The van der Waals surface area contributed by atoms with Gasteiger partial charge >= 0.3 is 0 Å². The number of rotatable bonds is 5. The van der Waals surface area contributed by atoms with Crippen LogP contribution in [0.2, 0.25) is 0 Å². The van der Waals surface area contributed by atoms with E-state index < -0.39 is 0 Å². The molecule has 3 rings (SSSR count). The fourth-order valence-electron chi connectivity index (χ4n) is 2.87. The summed E-state index contributed by atoms with van der Waals surface area (Å²) < 4.78 is 6.45. The Morgan fingerprint density at radius 1 is 1.45 bits per heavy atom. The summed E-state index contributed by atoms with van der Waals surface area (Å²) in [5.41, 5.74) is 7.23. The van der Waals surface area contributed by atoms with Crippen molar-refractivity contribution in [2.75, 3.05) is 19.6 Å². The molecular weight excluding hydrogens is 344 g/mol. The maximum absolute atomic E-state index is 5.84. The maximum atomic E-state index is 5.84. The summed E-state index contributed by atoms with van der Waals surface area (Å²) in [6.45, 7) is 5.70. The van der Waals surface area contributed by atoms with Crippen LogP contribution in [0.5, 0.6) is 0 Å². The second kappa shape index (κ2) is 6.48. The van der Waals surface area contributed by atoms with Gasteiger partial charge in [0.25, 0.3) is 0 Å². The van der Waals surface area contributed by atoms with E-state index in [-0.39, 0.29) is 5.41 Å². The molecule has 2 N–H and O–H groups in total. The molecule has 0 amide bonds. The lowest BCUT2D eigenvalue weighted by Crippen LogP contribution is -2.31. The van der Waals surface area contributed by atoms with Crippen molar-refractivity contribution in [1.82, 2.24) is 15.0 Å². The highest BCUT2D eigenvalue weighted by Crippen LogP contribution is 2.29. The van der Waals surface area contributed by atoms with Crippen LogP contribution in [0, 0.1) is 5.41 Å². The number of aromatic nitrogens is 2. The second-order valence-electron chi connectivity index (χ2n) is 6.39. The van der Waals surface area contributed by atoms with Crippen molar-refractivity contribution >= 4 is 15.9 Å². The first-order chi connectivity index (χ1) is 10.6. The topological polar surface area (TPSA) is 68.2 Å². The van der Waals surface area contributed by atoms with Gasteiger partial charge in [-0.25, -0.2) is 0 Å². The molecule has 1 atom stereocenters. The van der Waals surface area contributed by atoms with Crippen molar-refractivity contribution in [3.63, 3.8) is 0 Å².